The third-order valence-electron chi connectivity index (χ3n) is 4.36. The van der Waals surface area contributed by atoms with Gasteiger partial charge in [0, 0.05) is 25.8 Å². The number of para-hydroxylation sites is 1. The predicted octanol–water partition coefficient (Wildman–Crippen LogP) is 1.97. The van der Waals surface area contributed by atoms with Crippen LogP contribution in [0.4, 0.5) is 10.5 Å². The standard InChI is InChI=1S/C17H27N3O2/c1-17(13-21,14-9-10-14)19-16(22)18-11-6-12-20(2)15-7-4-3-5-8-15/h3-5,7-8,14,21H,6,9-13H2,1-2H3,(H2,18,19,22). The number of aliphatic hydroxyl groups is 1. The first-order valence-corrected chi connectivity index (χ1v) is 7.98. The highest BCUT2D eigenvalue weighted by Crippen LogP contribution is 2.39. The minimum Gasteiger partial charge on any atom is -0.394 e. The molecule has 1 aromatic rings. The maximum atomic E-state index is 11.9. The first-order chi connectivity index (χ1) is 10.5. The molecule has 2 rings (SSSR count). The van der Waals surface area contributed by atoms with E-state index in [1.165, 1.54) is 5.69 Å². The molecule has 1 atom stereocenters. The van der Waals surface area contributed by atoms with E-state index in [9.17, 15) is 9.90 Å². The van der Waals surface area contributed by atoms with Gasteiger partial charge < -0.3 is 20.6 Å². The summed E-state index contributed by atoms with van der Waals surface area (Å²) in [6, 6.07) is 9.99. The highest BCUT2D eigenvalue weighted by atomic mass is 16.3. The van der Waals surface area contributed by atoms with Gasteiger partial charge in [-0.2, -0.15) is 0 Å². The summed E-state index contributed by atoms with van der Waals surface area (Å²) in [5, 5.41) is 15.3. The summed E-state index contributed by atoms with van der Waals surface area (Å²) < 4.78 is 0. The molecular formula is C17H27N3O2. The highest BCUT2D eigenvalue weighted by molar-refractivity contribution is 5.74. The first-order valence-electron chi connectivity index (χ1n) is 7.98. The number of carbonyl (C=O) groups is 1. The number of amides is 2. The van der Waals surface area contributed by atoms with Gasteiger partial charge in [-0.05, 0) is 44.2 Å². The monoisotopic (exact) mass is 305 g/mol. The van der Waals surface area contributed by atoms with Gasteiger partial charge >= 0.3 is 6.03 Å². The van der Waals surface area contributed by atoms with E-state index in [1.54, 1.807) is 0 Å². The molecule has 0 heterocycles. The number of aliphatic hydroxyl groups excluding tert-OH is 1. The number of nitrogens with zero attached hydrogens (tertiary/aromatic N) is 1. The molecule has 0 radical (unpaired) electrons. The SMILES string of the molecule is CN(CCCNC(=O)NC(C)(CO)C1CC1)c1ccccc1. The fraction of sp³-hybridized carbons (Fsp3) is 0.588. The summed E-state index contributed by atoms with van der Waals surface area (Å²) in [5.41, 5.74) is 0.693. The van der Waals surface area contributed by atoms with Gasteiger partial charge in [0.25, 0.3) is 0 Å². The average molecular weight is 305 g/mol. The second kappa shape index (κ2) is 7.49. The van der Waals surface area contributed by atoms with Crippen molar-refractivity contribution in [3.8, 4) is 0 Å². The summed E-state index contributed by atoms with van der Waals surface area (Å²) in [4.78, 5) is 14.1. The van der Waals surface area contributed by atoms with Crippen LogP contribution in [0.3, 0.4) is 0 Å². The van der Waals surface area contributed by atoms with Gasteiger partial charge in [0.2, 0.25) is 0 Å². The second-order valence-electron chi connectivity index (χ2n) is 6.34. The molecule has 0 aliphatic heterocycles. The average Bonchev–Trinajstić information content (AvgIpc) is 3.37. The van der Waals surface area contributed by atoms with Gasteiger partial charge in [0.15, 0.2) is 0 Å². The lowest BCUT2D eigenvalue weighted by Gasteiger charge is -2.28. The molecule has 1 aliphatic rings. The molecule has 3 N–H and O–H groups in total. The Kier molecular flexibility index (Phi) is 5.66. The Morgan fingerprint density at radius 2 is 2.05 bits per heavy atom. The van der Waals surface area contributed by atoms with Gasteiger partial charge in [0.1, 0.15) is 0 Å². The summed E-state index contributed by atoms with van der Waals surface area (Å²) in [6.45, 7) is 3.40. The molecule has 22 heavy (non-hydrogen) atoms. The van der Waals surface area contributed by atoms with Crippen molar-refractivity contribution in [2.75, 3.05) is 31.6 Å². The van der Waals surface area contributed by atoms with Crippen molar-refractivity contribution in [1.82, 2.24) is 10.6 Å². The molecule has 5 heteroatoms. The van der Waals surface area contributed by atoms with Gasteiger partial charge in [-0.25, -0.2) is 4.79 Å². The van der Waals surface area contributed by atoms with Gasteiger partial charge in [-0.15, -0.1) is 0 Å². The van der Waals surface area contributed by atoms with Crippen LogP contribution in [0, 0.1) is 5.92 Å². The highest BCUT2D eigenvalue weighted by Gasteiger charge is 2.42. The Morgan fingerprint density at radius 3 is 2.64 bits per heavy atom. The molecular weight excluding hydrogens is 278 g/mol. The van der Waals surface area contributed by atoms with Gasteiger partial charge in [-0.1, -0.05) is 18.2 Å². The summed E-state index contributed by atoms with van der Waals surface area (Å²) >= 11 is 0. The van der Waals surface area contributed by atoms with Crippen LogP contribution in [-0.4, -0.2) is 43.4 Å². The number of rotatable bonds is 8. The molecule has 5 nitrogen and oxygen atoms in total. The summed E-state index contributed by atoms with van der Waals surface area (Å²) in [7, 11) is 2.05. The number of anilines is 1. The van der Waals surface area contributed by atoms with Crippen LogP contribution < -0.4 is 15.5 Å². The normalized spacial score (nSPS) is 16.7. The van der Waals surface area contributed by atoms with Crippen LogP contribution in [0.5, 0.6) is 0 Å². The number of benzene rings is 1. The van der Waals surface area contributed by atoms with Gasteiger partial charge in [0.05, 0.1) is 12.1 Å². The molecule has 1 unspecified atom stereocenters. The lowest BCUT2D eigenvalue weighted by atomic mass is 9.97. The van der Waals surface area contributed by atoms with Crippen LogP contribution in [0.1, 0.15) is 26.2 Å². The van der Waals surface area contributed by atoms with E-state index in [0.29, 0.717) is 12.5 Å². The number of hydrogen-bond acceptors (Lipinski definition) is 3. The largest absolute Gasteiger partial charge is 0.394 e. The summed E-state index contributed by atoms with van der Waals surface area (Å²) in [5.74, 6) is 0.410. The van der Waals surface area contributed by atoms with E-state index in [4.69, 9.17) is 0 Å². The number of hydrogen-bond donors (Lipinski definition) is 3. The van der Waals surface area contributed by atoms with E-state index < -0.39 is 5.54 Å². The maximum Gasteiger partial charge on any atom is 0.315 e. The van der Waals surface area contributed by atoms with Crippen molar-refractivity contribution < 1.29 is 9.90 Å². The molecule has 2 amide bonds. The number of nitrogens with one attached hydrogen (secondary N) is 2. The summed E-state index contributed by atoms with van der Waals surface area (Å²) in [6.07, 6.45) is 3.04. The van der Waals surface area contributed by atoms with Crippen LogP contribution in [-0.2, 0) is 0 Å². The zero-order valence-electron chi connectivity index (χ0n) is 13.5. The van der Waals surface area contributed by atoms with Crippen molar-refractivity contribution in [1.29, 1.82) is 0 Å². The Bertz CT molecular complexity index is 476. The van der Waals surface area contributed by atoms with Crippen LogP contribution >= 0.6 is 0 Å². The molecule has 0 saturated heterocycles. The molecule has 0 aromatic heterocycles. The zero-order valence-corrected chi connectivity index (χ0v) is 13.5. The number of carbonyl (C=O) groups excluding carboxylic acids is 1. The third-order valence-corrected chi connectivity index (χ3v) is 4.36. The van der Waals surface area contributed by atoms with Crippen molar-refractivity contribution in [2.45, 2.75) is 31.7 Å². The van der Waals surface area contributed by atoms with E-state index in [2.05, 4.69) is 27.7 Å². The Balaban J connectivity index is 1.65. The molecule has 0 bridgehead atoms. The molecule has 1 saturated carbocycles. The van der Waals surface area contributed by atoms with Crippen molar-refractivity contribution >= 4 is 11.7 Å². The molecule has 1 aromatic carbocycles. The van der Waals surface area contributed by atoms with E-state index in [0.717, 1.165) is 25.8 Å². The van der Waals surface area contributed by atoms with E-state index >= 15 is 0 Å². The zero-order chi connectivity index (χ0) is 16.0. The van der Waals surface area contributed by atoms with E-state index in [-0.39, 0.29) is 12.6 Å². The smallest absolute Gasteiger partial charge is 0.315 e. The Labute approximate surface area is 132 Å². The lowest BCUT2D eigenvalue weighted by Crippen LogP contribution is -2.54. The van der Waals surface area contributed by atoms with Crippen molar-refractivity contribution in [2.24, 2.45) is 5.92 Å². The molecule has 1 aliphatic carbocycles. The van der Waals surface area contributed by atoms with Crippen LogP contribution in [0.25, 0.3) is 0 Å². The minimum absolute atomic E-state index is 0.0121. The van der Waals surface area contributed by atoms with Crippen LogP contribution in [0.15, 0.2) is 30.3 Å². The topological polar surface area (TPSA) is 64.6 Å². The molecule has 1 fully saturated rings. The fourth-order valence-electron chi connectivity index (χ4n) is 2.62. The Hall–Kier alpha value is -1.75. The predicted molar refractivity (Wildman–Crippen MR) is 89.1 cm³/mol. The van der Waals surface area contributed by atoms with Crippen LogP contribution in [0.2, 0.25) is 0 Å². The molecule has 122 valence electrons. The minimum atomic E-state index is -0.481. The van der Waals surface area contributed by atoms with Crippen molar-refractivity contribution in [3.63, 3.8) is 0 Å². The van der Waals surface area contributed by atoms with E-state index in [1.807, 2.05) is 32.2 Å². The van der Waals surface area contributed by atoms with Crippen molar-refractivity contribution in [3.05, 3.63) is 30.3 Å². The number of urea groups is 1. The Morgan fingerprint density at radius 1 is 1.36 bits per heavy atom. The fourth-order valence-corrected chi connectivity index (χ4v) is 2.62. The second-order valence-corrected chi connectivity index (χ2v) is 6.34. The quantitative estimate of drug-likeness (QED) is 0.643. The first kappa shape index (κ1) is 16.6. The maximum absolute atomic E-state index is 11.9. The lowest BCUT2D eigenvalue weighted by molar-refractivity contribution is 0.155. The molecule has 0 spiro atoms. The third kappa shape index (κ3) is 4.63. The van der Waals surface area contributed by atoms with Gasteiger partial charge in [-0.3, -0.25) is 0 Å².